The third-order valence-corrected chi connectivity index (χ3v) is 4.05. The predicted molar refractivity (Wildman–Crippen MR) is 74.1 cm³/mol. The molecule has 0 aliphatic rings. The first-order chi connectivity index (χ1) is 9.40. The van der Waals surface area contributed by atoms with E-state index in [1.54, 1.807) is 0 Å². The van der Waals surface area contributed by atoms with Crippen molar-refractivity contribution in [1.29, 1.82) is 0 Å². The van der Waals surface area contributed by atoms with Gasteiger partial charge in [-0.25, -0.2) is 13.2 Å². The summed E-state index contributed by atoms with van der Waals surface area (Å²) in [6, 6.07) is 5.70. The molecule has 2 rings (SSSR count). The first-order valence-electron chi connectivity index (χ1n) is 5.65. The molecule has 0 aliphatic heterocycles. The molecule has 1 N–H and O–H groups in total. The van der Waals surface area contributed by atoms with Gasteiger partial charge in [0.1, 0.15) is 17.5 Å². The molecule has 0 saturated heterocycles. The van der Waals surface area contributed by atoms with Crippen molar-refractivity contribution in [2.75, 3.05) is 0 Å². The van der Waals surface area contributed by atoms with Crippen LogP contribution in [0.2, 0.25) is 5.02 Å². The monoisotopic (exact) mass is 364 g/mol. The fourth-order valence-corrected chi connectivity index (χ4v) is 2.31. The lowest BCUT2D eigenvalue weighted by Crippen LogP contribution is -2.08. The van der Waals surface area contributed by atoms with Gasteiger partial charge in [-0.1, -0.05) is 17.7 Å². The molecule has 6 heteroatoms. The number of hydrogen-bond acceptors (Lipinski definition) is 1. The van der Waals surface area contributed by atoms with Crippen LogP contribution in [-0.4, -0.2) is 5.11 Å². The van der Waals surface area contributed by atoms with E-state index in [9.17, 15) is 18.3 Å². The van der Waals surface area contributed by atoms with Gasteiger partial charge in [0, 0.05) is 22.0 Å². The number of halogens is 5. The largest absolute Gasteiger partial charge is 0.388 e. The van der Waals surface area contributed by atoms with E-state index in [-0.39, 0.29) is 22.6 Å². The van der Waals surface area contributed by atoms with Crippen LogP contribution < -0.4 is 0 Å². The molecular weight excluding hydrogens is 357 g/mol. The number of aliphatic hydroxyl groups is 1. The summed E-state index contributed by atoms with van der Waals surface area (Å²) >= 11 is 8.87. The van der Waals surface area contributed by atoms with Crippen LogP contribution in [0.25, 0.3) is 0 Å². The van der Waals surface area contributed by atoms with Crippen LogP contribution in [0.15, 0.2) is 34.8 Å². The van der Waals surface area contributed by atoms with Crippen molar-refractivity contribution in [2.24, 2.45) is 0 Å². The maximum absolute atomic E-state index is 13.7. The van der Waals surface area contributed by atoms with Gasteiger partial charge < -0.3 is 5.11 Å². The van der Waals surface area contributed by atoms with E-state index < -0.39 is 23.6 Å². The Morgan fingerprint density at radius 2 is 1.70 bits per heavy atom. The maximum Gasteiger partial charge on any atom is 0.130 e. The zero-order valence-corrected chi connectivity index (χ0v) is 12.4. The van der Waals surface area contributed by atoms with Crippen molar-refractivity contribution < 1.29 is 18.3 Å². The van der Waals surface area contributed by atoms with Crippen molar-refractivity contribution in [2.45, 2.75) is 12.5 Å². The number of rotatable bonds is 3. The third-order valence-electron chi connectivity index (χ3n) is 2.86. The highest BCUT2D eigenvalue weighted by atomic mass is 79.9. The Hall–Kier alpha value is -1.04. The molecule has 0 aromatic heterocycles. The molecule has 0 radical (unpaired) electrons. The SMILES string of the molecule is OC(Cc1c(F)cccc1F)c1cc(Cl)c(Br)cc1F. The van der Waals surface area contributed by atoms with Crippen molar-refractivity contribution in [3.63, 3.8) is 0 Å². The summed E-state index contributed by atoms with van der Waals surface area (Å²) < 4.78 is 41.1. The molecule has 0 bridgehead atoms. The molecule has 2 aromatic carbocycles. The Labute approximate surface area is 127 Å². The van der Waals surface area contributed by atoms with Gasteiger partial charge in [-0.3, -0.25) is 0 Å². The second-order valence-electron chi connectivity index (χ2n) is 4.21. The van der Waals surface area contributed by atoms with E-state index in [0.29, 0.717) is 4.47 Å². The standard InChI is InChI=1S/C14H9BrClF3O/c15-9-6-13(19)8(4-10(9)16)14(20)5-7-11(17)2-1-3-12(7)18/h1-4,6,14,20H,5H2. The van der Waals surface area contributed by atoms with Crippen LogP contribution in [0.1, 0.15) is 17.2 Å². The van der Waals surface area contributed by atoms with E-state index in [1.165, 1.54) is 12.1 Å². The van der Waals surface area contributed by atoms with Gasteiger partial charge in [-0.2, -0.15) is 0 Å². The summed E-state index contributed by atoms with van der Waals surface area (Å²) in [6.45, 7) is 0. The van der Waals surface area contributed by atoms with E-state index in [4.69, 9.17) is 11.6 Å². The van der Waals surface area contributed by atoms with Crippen molar-refractivity contribution >= 4 is 27.5 Å². The van der Waals surface area contributed by atoms with Gasteiger partial charge in [0.05, 0.1) is 11.1 Å². The molecule has 0 amide bonds. The normalized spacial score (nSPS) is 12.5. The quantitative estimate of drug-likeness (QED) is 0.775. The fraction of sp³-hybridized carbons (Fsp3) is 0.143. The average molecular weight is 366 g/mol. The molecule has 0 aliphatic carbocycles. The molecule has 0 fully saturated rings. The van der Waals surface area contributed by atoms with E-state index in [2.05, 4.69) is 15.9 Å². The van der Waals surface area contributed by atoms with Crippen molar-refractivity contribution in [1.82, 2.24) is 0 Å². The first-order valence-corrected chi connectivity index (χ1v) is 6.82. The minimum Gasteiger partial charge on any atom is -0.388 e. The van der Waals surface area contributed by atoms with Crippen LogP contribution >= 0.6 is 27.5 Å². The number of hydrogen-bond donors (Lipinski definition) is 1. The Kier molecular flexibility index (Phi) is 4.73. The molecule has 0 saturated carbocycles. The second-order valence-corrected chi connectivity index (χ2v) is 5.47. The topological polar surface area (TPSA) is 20.2 Å². The van der Waals surface area contributed by atoms with Crippen molar-refractivity contribution in [3.8, 4) is 0 Å². The Bertz CT molecular complexity index is 628. The van der Waals surface area contributed by atoms with E-state index in [1.807, 2.05) is 0 Å². The number of benzene rings is 2. The minimum atomic E-state index is -1.40. The van der Waals surface area contributed by atoms with Gasteiger partial charge in [0.2, 0.25) is 0 Å². The van der Waals surface area contributed by atoms with Crippen LogP contribution in [0.3, 0.4) is 0 Å². The molecule has 0 heterocycles. The molecule has 1 atom stereocenters. The highest BCUT2D eigenvalue weighted by Crippen LogP contribution is 2.30. The van der Waals surface area contributed by atoms with Crippen LogP contribution in [0.4, 0.5) is 13.2 Å². The van der Waals surface area contributed by atoms with Gasteiger partial charge in [-0.05, 0) is 40.2 Å². The smallest absolute Gasteiger partial charge is 0.130 e. The lowest BCUT2D eigenvalue weighted by Gasteiger charge is -2.14. The van der Waals surface area contributed by atoms with Gasteiger partial charge in [0.15, 0.2) is 0 Å². The fourth-order valence-electron chi connectivity index (χ4n) is 1.82. The molecule has 2 aromatic rings. The molecular formula is C14H9BrClF3O. The highest BCUT2D eigenvalue weighted by molar-refractivity contribution is 9.10. The molecule has 1 unspecified atom stereocenters. The Morgan fingerprint density at radius 3 is 2.30 bits per heavy atom. The van der Waals surface area contributed by atoms with E-state index in [0.717, 1.165) is 18.2 Å². The molecule has 1 nitrogen and oxygen atoms in total. The zero-order valence-electron chi connectivity index (χ0n) is 10.0. The summed E-state index contributed by atoms with van der Waals surface area (Å²) in [4.78, 5) is 0. The zero-order chi connectivity index (χ0) is 14.9. The highest BCUT2D eigenvalue weighted by Gasteiger charge is 2.19. The van der Waals surface area contributed by atoms with Crippen molar-refractivity contribution in [3.05, 3.63) is 68.4 Å². The van der Waals surface area contributed by atoms with Crippen LogP contribution in [0.5, 0.6) is 0 Å². The summed E-state index contributed by atoms with van der Waals surface area (Å²) in [5.41, 5.74) is -0.403. The average Bonchev–Trinajstić information content (AvgIpc) is 2.38. The molecule has 106 valence electrons. The molecule has 20 heavy (non-hydrogen) atoms. The minimum absolute atomic E-state index is 0.110. The second kappa shape index (κ2) is 6.16. The summed E-state index contributed by atoms with van der Waals surface area (Å²) in [5, 5.41) is 10.2. The van der Waals surface area contributed by atoms with Crippen LogP contribution in [-0.2, 0) is 6.42 Å². The first kappa shape index (κ1) is 15.4. The number of aliphatic hydroxyl groups excluding tert-OH is 1. The Morgan fingerprint density at radius 1 is 1.10 bits per heavy atom. The maximum atomic E-state index is 13.7. The lowest BCUT2D eigenvalue weighted by molar-refractivity contribution is 0.171. The summed E-state index contributed by atoms with van der Waals surface area (Å²) in [7, 11) is 0. The van der Waals surface area contributed by atoms with Gasteiger partial charge in [0.25, 0.3) is 0 Å². The van der Waals surface area contributed by atoms with E-state index >= 15 is 0 Å². The third kappa shape index (κ3) is 3.16. The van der Waals surface area contributed by atoms with Gasteiger partial charge >= 0.3 is 0 Å². The summed E-state index contributed by atoms with van der Waals surface area (Å²) in [6.07, 6.45) is -1.78. The predicted octanol–water partition coefficient (Wildman–Crippen LogP) is 4.80. The van der Waals surface area contributed by atoms with Crippen LogP contribution in [0, 0.1) is 17.5 Å². The molecule has 0 spiro atoms. The Balaban J connectivity index is 2.33. The summed E-state index contributed by atoms with van der Waals surface area (Å²) in [5.74, 6) is -2.27. The van der Waals surface area contributed by atoms with Gasteiger partial charge in [-0.15, -0.1) is 0 Å². The lowest BCUT2D eigenvalue weighted by atomic mass is 10.00.